The van der Waals surface area contributed by atoms with E-state index in [2.05, 4.69) is 14.9 Å². The van der Waals surface area contributed by atoms with Gasteiger partial charge in [-0.3, -0.25) is 14.9 Å². The average molecular weight is 329 g/mol. The lowest BCUT2D eigenvalue weighted by molar-refractivity contribution is 0.235. The topological polar surface area (TPSA) is 56.7 Å². The highest BCUT2D eigenvalue weighted by Crippen LogP contribution is 2.36. The third-order valence-electron chi connectivity index (χ3n) is 4.42. The minimum atomic E-state index is 0.286. The van der Waals surface area contributed by atoms with Gasteiger partial charge in [0.15, 0.2) is 11.5 Å². The van der Waals surface area contributed by atoms with E-state index in [4.69, 9.17) is 14.2 Å². The highest BCUT2D eigenvalue weighted by atomic mass is 16.5. The highest BCUT2D eigenvalue weighted by molar-refractivity contribution is 5.42. The van der Waals surface area contributed by atoms with Crippen molar-refractivity contribution in [2.45, 2.75) is 25.4 Å². The summed E-state index contributed by atoms with van der Waals surface area (Å²) >= 11 is 0. The number of hydrogen-bond donors (Lipinski definition) is 0. The maximum Gasteiger partial charge on any atom is 0.183 e. The van der Waals surface area contributed by atoms with Gasteiger partial charge in [-0.1, -0.05) is 0 Å². The van der Waals surface area contributed by atoms with Crippen molar-refractivity contribution in [2.75, 3.05) is 27.9 Å². The van der Waals surface area contributed by atoms with Gasteiger partial charge in [0.2, 0.25) is 0 Å². The molecule has 24 heavy (non-hydrogen) atoms. The van der Waals surface area contributed by atoms with Crippen LogP contribution in [0.25, 0.3) is 0 Å². The highest BCUT2D eigenvalue weighted by Gasteiger charge is 2.28. The number of rotatable bonds is 6. The molecule has 6 heteroatoms. The van der Waals surface area contributed by atoms with Gasteiger partial charge in [0, 0.05) is 18.8 Å². The molecule has 0 aromatic carbocycles. The number of methoxy groups -OCH3 is 3. The molecule has 1 unspecified atom stereocenters. The molecule has 6 nitrogen and oxygen atoms in total. The summed E-state index contributed by atoms with van der Waals surface area (Å²) in [4.78, 5) is 11.4. The summed E-state index contributed by atoms with van der Waals surface area (Å²) in [5, 5.41) is 0. The molecule has 128 valence electrons. The molecule has 1 saturated heterocycles. The van der Waals surface area contributed by atoms with Crippen molar-refractivity contribution in [2.24, 2.45) is 0 Å². The second-order valence-electron chi connectivity index (χ2n) is 5.74. The zero-order valence-corrected chi connectivity index (χ0v) is 14.4. The van der Waals surface area contributed by atoms with Crippen molar-refractivity contribution in [3.63, 3.8) is 0 Å². The lowest BCUT2D eigenvalue weighted by Crippen LogP contribution is -2.24. The van der Waals surface area contributed by atoms with Crippen LogP contribution in [0.5, 0.6) is 17.2 Å². The van der Waals surface area contributed by atoms with Crippen molar-refractivity contribution >= 4 is 0 Å². The fourth-order valence-electron chi connectivity index (χ4n) is 3.22. The predicted octanol–water partition coefficient (Wildman–Crippen LogP) is 2.84. The van der Waals surface area contributed by atoms with E-state index in [1.54, 1.807) is 33.7 Å². The third-order valence-corrected chi connectivity index (χ3v) is 4.42. The summed E-state index contributed by atoms with van der Waals surface area (Å²) in [6.07, 6.45) is 5.76. The molecule has 0 spiro atoms. The minimum absolute atomic E-state index is 0.286. The van der Waals surface area contributed by atoms with Crippen LogP contribution in [0.1, 0.15) is 30.3 Å². The number of aromatic nitrogens is 2. The maximum atomic E-state index is 5.50. The SMILES string of the molecule is COc1ccc(C2CCCN2Cc2nccc(OC)c2OC)nc1. The summed E-state index contributed by atoms with van der Waals surface area (Å²) in [5.41, 5.74) is 1.95. The predicted molar refractivity (Wildman–Crippen MR) is 90.5 cm³/mol. The van der Waals surface area contributed by atoms with Crippen molar-refractivity contribution in [1.82, 2.24) is 14.9 Å². The van der Waals surface area contributed by atoms with Crippen molar-refractivity contribution in [3.05, 3.63) is 42.0 Å². The van der Waals surface area contributed by atoms with E-state index in [-0.39, 0.29) is 6.04 Å². The summed E-state index contributed by atoms with van der Waals surface area (Å²) in [6.45, 7) is 1.72. The van der Waals surface area contributed by atoms with E-state index >= 15 is 0 Å². The first-order valence-electron chi connectivity index (χ1n) is 8.06. The Hall–Kier alpha value is -2.34. The number of pyridine rings is 2. The van der Waals surface area contributed by atoms with Crippen LogP contribution in [-0.4, -0.2) is 42.7 Å². The van der Waals surface area contributed by atoms with Gasteiger partial charge in [-0.2, -0.15) is 0 Å². The molecule has 3 rings (SSSR count). The number of nitrogens with zero attached hydrogens (tertiary/aromatic N) is 3. The van der Waals surface area contributed by atoms with Crippen molar-refractivity contribution in [1.29, 1.82) is 0 Å². The second kappa shape index (κ2) is 7.49. The summed E-state index contributed by atoms with van der Waals surface area (Å²) in [5.74, 6) is 2.19. The largest absolute Gasteiger partial charge is 0.495 e. The molecule has 0 aliphatic carbocycles. The first-order valence-corrected chi connectivity index (χ1v) is 8.06. The Morgan fingerprint density at radius 2 is 1.96 bits per heavy atom. The van der Waals surface area contributed by atoms with Crippen LogP contribution in [0.3, 0.4) is 0 Å². The average Bonchev–Trinajstić information content (AvgIpc) is 3.09. The van der Waals surface area contributed by atoms with Gasteiger partial charge in [-0.15, -0.1) is 0 Å². The van der Waals surface area contributed by atoms with Crippen LogP contribution in [0.2, 0.25) is 0 Å². The molecule has 0 N–H and O–H groups in total. The standard InChI is InChI=1S/C18H23N3O3/c1-22-13-6-7-14(20-11-13)16-5-4-10-21(16)12-15-18(24-3)17(23-2)8-9-19-15/h6-9,11,16H,4-5,10,12H2,1-3H3. The van der Waals surface area contributed by atoms with Crippen LogP contribution < -0.4 is 14.2 Å². The molecule has 1 aliphatic rings. The summed E-state index contributed by atoms with van der Waals surface area (Å²) < 4.78 is 16.1. The summed E-state index contributed by atoms with van der Waals surface area (Å²) in [7, 11) is 4.94. The molecule has 2 aromatic heterocycles. The molecule has 0 radical (unpaired) electrons. The molecule has 2 aromatic rings. The lowest BCUT2D eigenvalue weighted by Gasteiger charge is -2.24. The normalized spacial score (nSPS) is 17.7. The molecular weight excluding hydrogens is 306 g/mol. The monoisotopic (exact) mass is 329 g/mol. The van der Waals surface area contributed by atoms with E-state index in [0.717, 1.165) is 36.5 Å². The molecule has 0 saturated carbocycles. The van der Waals surface area contributed by atoms with E-state index < -0.39 is 0 Å². The van der Waals surface area contributed by atoms with Crippen molar-refractivity contribution < 1.29 is 14.2 Å². The van der Waals surface area contributed by atoms with E-state index in [0.29, 0.717) is 18.0 Å². The molecular formula is C18H23N3O3. The van der Waals surface area contributed by atoms with E-state index in [9.17, 15) is 0 Å². The maximum absolute atomic E-state index is 5.50. The van der Waals surface area contributed by atoms with E-state index in [1.807, 2.05) is 18.2 Å². The van der Waals surface area contributed by atoms with Gasteiger partial charge in [-0.05, 0) is 31.5 Å². The Bertz CT molecular complexity index is 676. The van der Waals surface area contributed by atoms with E-state index in [1.165, 1.54) is 0 Å². The second-order valence-corrected chi connectivity index (χ2v) is 5.74. The first-order chi connectivity index (χ1) is 11.8. The molecule has 1 fully saturated rings. The molecule has 3 heterocycles. The number of likely N-dealkylation sites (tertiary alicyclic amines) is 1. The van der Waals surface area contributed by atoms with Crippen LogP contribution in [0.4, 0.5) is 0 Å². The first kappa shape index (κ1) is 16.5. The van der Waals surface area contributed by atoms with Gasteiger partial charge in [-0.25, -0.2) is 0 Å². The van der Waals surface area contributed by atoms with Gasteiger partial charge in [0.25, 0.3) is 0 Å². The molecule has 0 bridgehead atoms. The van der Waals surface area contributed by atoms with Crippen molar-refractivity contribution in [3.8, 4) is 17.2 Å². The van der Waals surface area contributed by atoms with Gasteiger partial charge in [0.1, 0.15) is 11.4 Å². The lowest BCUT2D eigenvalue weighted by atomic mass is 10.1. The fraction of sp³-hybridized carbons (Fsp3) is 0.444. The molecule has 1 atom stereocenters. The Morgan fingerprint density at radius 1 is 1.08 bits per heavy atom. The minimum Gasteiger partial charge on any atom is -0.495 e. The Kier molecular flexibility index (Phi) is 5.15. The van der Waals surface area contributed by atoms with Crippen LogP contribution in [0, 0.1) is 0 Å². The zero-order valence-electron chi connectivity index (χ0n) is 14.4. The Balaban J connectivity index is 1.81. The van der Waals surface area contributed by atoms with Gasteiger partial charge in [0.05, 0.1) is 39.3 Å². The zero-order chi connectivity index (χ0) is 16.9. The Morgan fingerprint density at radius 3 is 2.62 bits per heavy atom. The molecule has 0 amide bonds. The number of ether oxygens (including phenoxy) is 3. The molecule has 1 aliphatic heterocycles. The summed E-state index contributed by atoms with van der Waals surface area (Å²) in [6, 6.07) is 6.10. The van der Waals surface area contributed by atoms with Gasteiger partial charge < -0.3 is 14.2 Å². The van der Waals surface area contributed by atoms with Crippen LogP contribution in [0.15, 0.2) is 30.6 Å². The third kappa shape index (κ3) is 3.28. The Labute approximate surface area is 142 Å². The van der Waals surface area contributed by atoms with Crippen LogP contribution >= 0.6 is 0 Å². The number of hydrogen-bond acceptors (Lipinski definition) is 6. The quantitative estimate of drug-likeness (QED) is 0.812. The smallest absolute Gasteiger partial charge is 0.183 e. The van der Waals surface area contributed by atoms with Crippen LogP contribution in [-0.2, 0) is 6.54 Å². The van der Waals surface area contributed by atoms with Gasteiger partial charge >= 0.3 is 0 Å². The fourth-order valence-corrected chi connectivity index (χ4v) is 3.22.